The minimum Gasteiger partial charge on any atom is -0.305 e. The Hall–Kier alpha value is -3.61. The quantitative estimate of drug-likeness (QED) is 0.495. The molecule has 0 fully saturated rings. The zero-order chi connectivity index (χ0) is 23.0. The Labute approximate surface area is 185 Å². The van der Waals surface area contributed by atoms with Crippen molar-refractivity contribution in [3.63, 3.8) is 0 Å². The summed E-state index contributed by atoms with van der Waals surface area (Å²) in [5.74, 6) is -0.314. The van der Waals surface area contributed by atoms with Crippen LogP contribution < -0.4 is 4.72 Å². The minimum absolute atomic E-state index is 0.0856. The molecule has 32 heavy (non-hydrogen) atoms. The first-order valence-corrected chi connectivity index (χ1v) is 11.4. The zero-order valence-electron chi connectivity index (χ0n) is 17.7. The summed E-state index contributed by atoms with van der Waals surface area (Å²) in [7, 11) is -3.77. The van der Waals surface area contributed by atoms with Crippen LogP contribution in [0, 0.1) is 24.1 Å². The van der Waals surface area contributed by atoms with Crippen LogP contribution in [-0.2, 0) is 10.0 Å². The molecule has 162 valence electrons. The highest BCUT2D eigenvalue weighted by Crippen LogP contribution is 2.35. The molecule has 0 spiro atoms. The Balaban J connectivity index is 1.97. The molecule has 2 heterocycles. The van der Waals surface area contributed by atoms with Crippen molar-refractivity contribution in [3.05, 3.63) is 71.8 Å². The molecule has 4 aromatic rings. The van der Waals surface area contributed by atoms with Crippen molar-refractivity contribution in [2.24, 2.45) is 0 Å². The zero-order valence-corrected chi connectivity index (χ0v) is 18.5. The highest BCUT2D eigenvalue weighted by molar-refractivity contribution is 7.89. The van der Waals surface area contributed by atoms with Crippen molar-refractivity contribution >= 4 is 20.9 Å². The number of nitriles is 1. The fourth-order valence-corrected chi connectivity index (χ4v) is 4.65. The number of benzene rings is 2. The minimum atomic E-state index is -3.77. The Morgan fingerprint density at radius 3 is 2.34 bits per heavy atom. The van der Waals surface area contributed by atoms with Gasteiger partial charge < -0.3 is 4.57 Å². The van der Waals surface area contributed by atoms with Gasteiger partial charge in [0, 0.05) is 17.1 Å². The van der Waals surface area contributed by atoms with E-state index in [0.717, 1.165) is 11.3 Å². The fourth-order valence-electron chi connectivity index (χ4n) is 3.51. The van der Waals surface area contributed by atoms with E-state index in [1.807, 2.05) is 31.2 Å². The molecular formula is C23H20FN5O2S. The molecule has 4 rings (SSSR count). The first kappa shape index (κ1) is 21.6. The second-order valence-electron chi connectivity index (χ2n) is 7.69. The SMILES string of the molecule is Cc1ccc(-n2c(-c3ncc(S(=O)(=O)NC(C)C)cn3)c(C#N)c3cc(F)ccc32)cc1. The monoisotopic (exact) mass is 449 g/mol. The topological polar surface area (TPSA) is 101 Å². The summed E-state index contributed by atoms with van der Waals surface area (Å²) in [4.78, 5) is 8.43. The molecule has 1 N–H and O–H groups in total. The van der Waals surface area contributed by atoms with E-state index in [1.165, 1.54) is 24.5 Å². The van der Waals surface area contributed by atoms with Gasteiger partial charge in [0.2, 0.25) is 10.0 Å². The molecule has 0 radical (unpaired) electrons. The molecule has 0 aliphatic rings. The number of hydrogen-bond donors (Lipinski definition) is 1. The predicted octanol–water partition coefficient (Wildman–Crippen LogP) is 4.09. The maximum absolute atomic E-state index is 14.0. The highest BCUT2D eigenvalue weighted by atomic mass is 32.2. The van der Waals surface area contributed by atoms with Gasteiger partial charge in [0.1, 0.15) is 22.5 Å². The number of aryl methyl sites for hydroxylation is 1. The standard InChI is InChI=1S/C23H20FN5O2S/c1-14(2)28-32(30,31)18-12-26-23(27-13-18)22-20(11-25)19-10-16(24)6-9-21(19)29(22)17-7-4-15(3)5-8-17/h4-10,12-14,28H,1-3H3. The molecule has 0 aliphatic heterocycles. The Kier molecular flexibility index (Phi) is 5.50. The lowest BCUT2D eigenvalue weighted by Crippen LogP contribution is -2.30. The van der Waals surface area contributed by atoms with E-state index in [9.17, 15) is 18.1 Å². The van der Waals surface area contributed by atoms with E-state index in [1.54, 1.807) is 24.5 Å². The number of rotatable bonds is 5. The number of halogens is 1. The van der Waals surface area contributed by atoms with Gasteiger partial charge >= 0.3 is 0 Å². The van der Waals surface area contributed by atoms with Gasteiger partial charge in [-0.25, -0.2) is 27.5 Å². The number of fused-ring (bicyclic) bond motifs is 1. The van der Waals surface area contributed by atoms with Crippen LogP contribution in [0.3, 0.4) is 0 Å². The van der Waals surface area contributed by atoms with Crippen LogP contribution in [0.15, 0.2) is 59.8 Å². The first-order chi connectivity index (χ1) is 15.2. The molecule has 0 amide bonds. The Morgan fingerprint density at radius 1 is 1.09 bits per heavy atom. The average Bonchev–Trinajstić information content (AvgIpc) is 3.07. The highest BCUT2D eigenvalue weighted by Gasteiger charge is 2.23. The summed E-state index contributed by atoms with van der Waals surface area (Å²) >= 11 is 0. The number of sulfonamides is 1. The smallest absolute Gasteiger partial charge is 0.243 e. The maximum Gasteiger partial charge on any atom is 0.243 e. The molecule has 0 atom stereocenters. The number of hydrogen-bond acceptors (Lipinski definition) is 5. The molecule has 0 saturated heterocycles. The van der Waals surface area contributed by atoms with Crippen molar-refractivity contribution in [3.8, 4) is 23.3 Å². The lowest BCUT2D eigenvalue weighted by atomic mass is 10.1. The number of nitrogens with zero attached hydrogens (tertiary/aromatic N) is 4. The average molecular weight is 450 g/mol. The molecule has 0 bridgehead atoms. The van der Waals surface area contributed by atoms with Crippen LogP contribution in [0.5, 0.6) is 0 Å². The van der Waals surface area contributed by atoms with E-state index in [2.05, 4.69) is 20.8 Å². The largest absolute Gasteiger partial charge is 0.305 e. The van der Waals surface area contributed by atoms with E-state index >= 15 is 0 Å². The fraction of sp³-hybridized carbons (Fsp3) is 0.174. The van der Waals surface area contributed by atoms with Crippen LogP contribution in [-0.4, -0.2) is 29.0 Å². The van der Waals surface area contributed by atoms with E-state index in [-0.39, 0.29) is 22.3 Å². The van der Waals surface area contributed by atoms with Crippen LogP contribution in [0.25, 0.3) is 28.1 Å². The van der Waals surface area contributed by atoms with Crippen LogP contribution in [0.1, 0.15) is 25.0 Å². The molecule has 2 aromatic heterocycles. The summed E-state index contributed by atoms with van der Waals surface area (Å²) in [6, 6.07) is 13.7. The molecule has 7 nitrogen and oxygen atoms in total. The van der Waals surface area contributed by atoms with Crippen LogP contribution in [0.2, 0.25) is 0 Å². The third kappa shape index (κ3) is 3.86. The molecule has 0 saturated carbocycles. The van der Waals surface area contributed by atoms with E-state index in [4.69, 9.17) is 0 Å². The van der Waals surface area contributed by atoms with Gasteiger partial charge in [-0.3, -0.25) is 0 Å². The van der Waals surface area contributed by atoms with E-state index in [0.29, 0.717) is 16.6 Å². The van der Waals surface area contributed by atoms with Crippen molar-refractivity contribution in [1.82, 2.24) is 19.3 Å². The summed E-state index contributed by atoms with van der Waals surface area (Å²) in [5.41, 5.74) is 2.98. The predicted molar refractivity (Wildman–Crippen MR) is 119 cm³/mol. The third-order valence-corrected chi connectivity index (χ3v) is 6.49. The second kappa shape index (κ2) is 8.15. The van der Waals surface area contributed by atoms with Crippen LogP contribution >= 0.6 is 0 Å². The lowest BCUT2D eigenvalue weighted by Gasteiger charge is -2.12. The molecule has 2 aromatic carbocycles. The molecule has 0 aliphatic carbocycles. The van der Waals surface area contributed by atoms with Gasteiger partial charge in [0.15, 0.2) is 5.82 Å². The molecular weight excluding hydrogens is 429 g/mol. The van der Waals surface area contributed by atoms with Gasteiger partial charge in [-0.05, 0) is 51.1 Å². The van der Waals surface area contributed by atoms with Crippen molar-refractivity contribution in [2.75, 3.05) is 0 Å². The first-order valence-electron chi connectivity index (χ1n) is 9.87. The normalized spacial score (nSPS) is 11.8. The van der Waals surface area contributed by atoms with Gasteiger partial charge in [-0.15, -0.1) is 0 Å². The summed E-state index contributed by atoms with van der Waals surface area (Å²) in [6.45, 7) is 5.39. The van der Waals surface area contributed by atoms with Crippen LogP contribution in [0.4, 0.5) is 4.39 Å². The number of nitrogens with one attached hydrogen (secondary N) is 1. The lowest BCUT2D eigenvalue weighted by molar-refractivity contribution is 0.569. The summed E-state index contributed by atoms with van der Waals surface area (Å²) in [5, 5.41) is 10.3. The second-order valence-corrected chi connectivity index (χ2v) is 9.40. The Bertz CT molecular complexity index is 1450. The summed E-state index contributed by atoms with van der Waals surface area (Å²) < 4.78 is 43.1. The van der Waals surface area contributed by atoms with Gasteiger partial charge in [-0.2, -0.15) is 5.26 Å². The Morgan fingerprint density at radius 2 is 1.75 bits per heavy atom. The van der Waals surface area contributed by atoms with Crippen molar-refractivity contribution < 1.29 is 12.8 Å². The molecule has 0 unspecified atom stereocenters. The van der Waals surface area contributed by atoms with Gasteiger partial charge in [0.25, 0.3) is 0 Å². The third-order valence-electron chi connectivity index (χ3n) is 4.87. The van der Waals surface area contributed by atoms with Crippen molar-refractivity contribution in [1.29, 1.82) is 5.26 Å². The van der Waals surface area contributed by atoms with Crippen molar-refractivity contribution in [2.45, 2.75) is 31.7 Å². The summed E-state index contributed by atoms with van der Waals surface area (Å²) in [6.07, 6.45) is 2.40. The maximum atomic E-state index is 14.0. The van der Waals surface area contributed by atoms with E-state index < -0.39 is 15.8 Å². The number of aromatic nitrogens is 3. The van der Waals surface area contributed by atoms with Gasteiger partial charge in [0.05, 0.1) is 23.5 Å². The van der Waals surface area contributed by atoms with Gasteiger partial charge in [-0.1, -0.05) is 17.7 Å². The molecule has 9 heteroatoms.